The molecule has 6 nitrogen and oxygen atoms in total. The second kappa shape index (κ2) is 7.05. The maximum absolute atomic E-state index is 12.8. The van der Waals surface area contributed by atoms with Crippen LogP contribution in [0.5, 0.6) is 0 Å². The van der Waals surface area contributed by atoms with Gasteiger partial charge in [-0.25, -0.2) is 4.79 Å². The van der Waals surface area contributed by atoms with Crippen LogP contribution >= 0.6 is 0 Å². The molecule has 0 aromatic carbocycles. The van der Waals surface area contributed by atoms with E-state index < -0.39 is 35.5 Å². The predicted octanol–water partition coefficient (Wildman–Crippen LogP) is 1.54. The lowest BCUT2D eigenvalue weighted by molar-refractivity contribution is -0.159. The van der Waals surface area contributed by atoms with E-state index >= 15 is 0 Å². The number of hydrogen-bond donors (Lipinski definition) is 0. The Morgan fingerprint density at radius 1 is 1.41 bits per heavy atom. The van der Waals surface area contributed by atoms with Crippen molar-refractivity contribution in [3.63, 3.8) is 0 Å². The fourth-order valence-electron chi connectivity index (χ4n) is 2.55. The van der Waals surface area contributed by atoms with Crippen molar-refractivity contribution >= 4 is 17.7 Å². The van der Waals surface area contributed by atoms with Crippen LogP contribution in [0.1, 0.15) is 34.1 Å². The molecule has 0 radical (unpaired) electrons. The Morgan fingerprint density at radius 3 is 2.41 bits per heavy atom. The Balaban J connectivity index is 3.18. The second-order valence-corrected chi connectivity index (χ2v) is 6.52. The number of amides is 1. The number of Topliss-reactive ketones (excluding diaryl/α,β-unsaturated/α-hetero) is 1. The van der Waals surface area contributed by atoms with E-state index in [4.69, 9.17) is 9.47 Å². The normalized spacial score (nSPS) is 23.0. The van der Waals surface area contributed by atoms with Crippen LogP contribution in [0.15, 0.2) is 12.7 Å². The molecular formula is C16H25NO5. The van der Waals surface area contributed by atoms with Crippen LogP contribution in [-0.2, 0) is 23.9 Å². The number of ether oxygens (including phenoxy) is 2. The van der Waals surface area contributed by atoms with E-state index in [2.05, 4.69) is 6.58 Å². The number of carbonyl (C=O) groups excluding carboxylic acids is 3. The van der Waals surface area contributed by atoms with Crippen LogP contribution in [0.2, 0.25) is 0 Å². The lowest BCUT2D eigenvalue weighted by Gasteiger charge is -2.36. The molecule has 22 heavy (non-hydrogen) atoms. The highest BCUT2D eigenvalue weighted by Gasteiger charge is 2.49. The van der Waals surface area contributed by atoms with Crippen molar-refractivity contribution in [2.45, 2.75) is 46.4 Å². The summed E-state index contributed by atoms with van der Waals surface area (Å²) in [5, 5.41) is 0. The number of allylic oxidation sites excluding steroid dienone is 1. The molecule has 1 unspecified atom stereocenters. The molecule has 6 heteroatoms. The average molecular weight is 311 g/mol. The third-order valence-electron chi connectivity index (χ3n) is 3.66. The molecule has 1 saturated heterocycles. The average Bonchev–Trinajstić information content (AvgIpc) is 2.87. The molecule has 0 bridgehead atoms. The SMILES string of the molecule is C=CCC(C(C)=O)C(=O)N1[C@@H](C(=O)OC)CO[C@@H]1C(C)(C)C. The fraction of sp³-hybridized carbons (Fsp3) is 0.688. The Hall–Kier alpha value is -1.69. The van der Waals surface area contributed by atoms with Gasteiger partial charge in [-0.3, -0.25) is 14.5 Å². The molecule has 3 atom stereocenters. The lowest BCUT2D eigenvalue weighted by Crippen LogP contribution is -2.53. The molecule has 1 heterocycles. The first-order chi connectivity index (χ1) is 10.1. The van der Waals surface area contributed by atoms with E-state index in [1.165, 1.54) is 25.0 Å². The lowest BCUT2D eigenvalue weighted by atomic mass is 9.91. The molecule has 1 aliphatic heterocycles. The Morgan fingerprint density at radius 2 is 2.00 bits per heavy atom. The summed E-state index contributed by atoms with van der Waals surface area (Å²) in [6, 6.07) is -0.826. The maximum Gasteiger partial charge on any atom is 0.331 e. The topological polar surface area (TPSA) is 72.9 Å². The number of nitrogens with zero attached hydrogens (tertiary/aromatic N) is 1. The first-order valence-electron chi connectivity index (χ1n) is 7.28. The van der Waals surface area contributed by atoms with E-state index in [0.29, 0.717) is 0 Å². The minimum atomic E-state index is -0.851. The van der Waals surface area contributed by atoms with Crippen LogP contribution < -0.4 is 0 Å². The Kier molecular flexibility index (Phi) is 5.88. The maximum atomic E-state index is 12.8. The van der Waals surface area contributed by atoms with E-state index in [9.17, 15) is 14.4 Å². The van der Waals surface area contributed by atoms with Gasteiger partial charge in [0.05, 0.1) is 19.6 Å². The van der Waals surface area contributed by atoms with E-state index in [0.717, 1.165) is 0 Å². The summed E-state index contributed by atoms with van der Waals surface area (Å²) in [7, 11) is 1.27. The minimum absolute atomic E-state index is 0.0685. The Bertz CT molecular complexity index is 466. The number of ketones is 1. The van der Waals surface area contributed by atoms with Gasteiger partial charge < -0.3 is 9.47 Å². The molecular weight excluding hydrogens is 286 g/mol. The standard InChI is InChI=1S/C16H25NO5/c1-7-8-11(10(2)18)13(19)17-12(14(20)21-6)9-22-15(17)16(3,4)5/h7,11-12,15H,1,8-9H2,2-6H3/t11?,12-,15-/m1/s1. The van der Waals surface area contributed by atoms with Gasteiger partial charge in [0, 0.05) is 5.41 Å². The number of carbonyl (C=O) groups is 3. The van der Waals surface area contributed by atoms with Crippen molar-refractivity contribution in [1.82, 2.24) is 4.90 Å². The van der Waals surface area contributed by atoms with Gasteiger partial charge in [0.1, 0.15) is 12.0 Å². The molecule has 0 aliphatic carbocycles. The summed E-state index contributed by atoms with van der Waals surface area (Å²) in [5.74, 6) is -2.06. The molecule has 0 N–H and O–H groups in total. The number of rotatable bonds is 5. The van der Waals surface area contributed by atoms with Crippen LogP contribution in [0, 0.1) is 11.3 Å². The summed E-state index contributed by atoms with van der Waals surface area (Å²) in [6.07, 6.45) is 1.17. The first-order valence-corrected chi connectivity index (χ1v) is 7.28. The Labute approximate surface area is 131 Å². The molecule has 0 aromatic heterocycles. The van der Waals surface area contributed by atoms with Crippen molar-refractivity contribution in [3.8, 4) is 0 Å². The van der Waals surface area contributed by atoms with Gasteiger partial charge in [-0.1, -0.05) is 26.8 Å². The van der Waals surface area contributed by atoms with E-state index in [-0.39, 0.29) is 18.8 Å². The summed E-state index contributed by atoms with van der Waals surface area (Å²) in [5.41, 5.74) is -0.395. The summed E-state index contributed by atoms with van der Waals surface area (Å²) >= 11 is 0. The van der Waals surface area contributed by atoms with Gasteiger partial charge in [0.25, 0.3) is 0 Å². The van der Waals surface area contributed by atoms with Gasteiger partial charge in [-0.15, -0.1) is 6.58 Å². The summed E-state index contributed by atoms with van der Waals surface area (Å²) in [4.78, 5) is 37.9. The summed E-state index contributed by atoms with van der Waals surface area (Å²) < 4.78 is 10.4. The highest BCUT2D eigenvalue weighted by atomic mass is 16.5. The van der Waals surface area contributed by atoms with Crippen molar-refractivity contribution in [2.24, 2.45) is 11.3 Å². The highest BCUT2D eigenvalue weighted by molar-refractivity contribution is 6.01. The van der Waals surface area contributed by atoms with Crippen molar-refractivity contribution < 1.29 is 23.9 Å². The van der Waals surface area contributed by atoms with Gasteiger partial charge >= 0.3 is 5.97 Å². The predicted molar refractivity (Wildman–Crippen MR) is 80.8 cm³/mol. The zero-order chi connectivity index (χ0) is 17.1. The molecule has 1 rings (SSSR count). The third-order valence-corrected chi connectivity index (χ3v) is 3.66. The molecule has 124 valence electrons. The van der Waals surface area contributed by atoms with Crippen LogP contribution in [0.4, 0.5) is 0 Å². The van der Waals surface area contributed by atoms with Crippen molar-refractivity contribution in [2.75, 3.05) is 13.7 Å². The molecule has 0 spiro atoms. The fourth-order valence-corrected chi connectivity index (χ4v) is 2.55. The van der Waals surface area contributed by atoms with E-state index in [1.807, 2.05) is 20.8 Å². The molecule has 1 fully saturated rings. The first kappa shape index (κ1) is 18.4. The van der Waals surface area contributed by atoms with Gasteiger partial charge in [-0.2, -0.15) is 0 Å². The quantitative estimate of drug-likeness (QED) is 0.437. The van der Waals surface area contributed by atoms with Crippen LogP contribution in [0.3, 0.4) is 0 Å². The molecule has 1 aliphatic rings. The van der Waals surface area contributed by atoms with Crippen molar-refractivity contribution in [3.05, 3.63) is 12.7 Å². The molecule has 1 amide bonds. The monoisotopic (exact) mass is 311 g/mol. The van der Waals surface area contributed by atoms with Gasteiger partial charge in [0.2, 0.25) is 5.91 Å². The molecule has 0 aromatic rings. The highest BCUT2D eigenvalue weighted by Crippen LogP contribution is 2.33. The van der Waals surface area contributed by atoms with Gasteiger partial charge in [0.15, 0.2) is 6.04 Å². The number of methoxy groups -OCH3 is 1. The van der Waals surface area contributed by atoms with Crippen molar-refractivity contribution in [1.29, 1.82) is 0 Å². The van der Waals surface area contributed by atoms with Crippen LogP contribution in [-0.4, -0.2) is 48.5 Å². The van der Waals surface area contributed by atoms with E-state index in [1.54, 1.807) is 0 Å². The minimum Gasteiger partial charge on any atom is -0.467 e. The van der Waals surface area contributed by atoms with Gasteiger partial charge in [-0.05, 0) is 13.3 Å². The zero-order valence-corrected chi connectivity index (χ0v) is 13.9. The zero-order valence-electron chi connectivity index (χ0n) is 13.9. The smallest absolute Gasteiger partial charge is 0.331 e. The summed E-state index contributed by atoms with van der Waals surface area (Å²) in [6.45, 7) is 10.7. The third kappa shape index (κ3) is 3.74. The largest absolute Gasteiger partial charge is 0.467 e. The second-order valence-electron chi connectivity index (χ2n) is 6.52. The van der Waals surface area contributed by atoms with Crippen LogP contribution in [0.25, 0.3) is 0 Å². The molecule has 0 saturated carbocycles. The number of hydrogen-bond acceptors (Lipinski definition) is 5. The number of esters is 1.